The summed E-state index contributed by atoms with van der Waals surface area (Å²) >= 11 is 0. The first-order chi connectivity index (χ1) is 9.58. The molecule has 0 aromatic rings. The highest BCUT2D eigenvalue weighted by Gasteiger charge is 2.52. The molecule has 0 spiro atoms. The fraction of sp³-hybridized carbons (Fsp3) is 0.800. The molecule has 1 aliphatic carbocycles. The van der Waals surface area contributed by atoms with Gasteiger partial charge in [-0.2, -0.15) is 0 Å². The van der Waals surface area contributed by atoms with Crippen molar-refractivity contribution in [2.75, 3.05) is 13.2 Å². The summed E-state index contributed by atoms with van der Waals surface area (Å²) in [6, 6.07) is 0. The lowest BCUT2D eigenvalue weighted by Gasteiger charge is -2.16. The second-order valence-corrected chi connectivity index (χ2v) is 5.80. The van der Waals surface area contributed by atoms with Crippen molar-refractivity contribution in [1.82, 2.24) is 4.90 Å². The predicted molar refractivity (Wildman–Crippen MR) is 72.6 cm³/mol. The summed E-state index contributed by atoms with van der Waals surface area (Å²) in [6.45, 7) is 4.23. The molecule has 0 N–H and O–H groups in total. The van der Waals surface area contributed by atoms with Gasteiger partial charge >= 0.3 is 5.97 Å². The fourth-order valence-corrected chi connectivity index (χ4v) is 3.19. The lowest BCUT2D eigenvalue weighted by atomic mass is 10.00. The van der Waals surface area contributed by atoms with E-state index in [4.69, 9.17) is 4.74 Å². The van der Waals surface area contributed by atoms with Gasteiger partial charge in [-0.3, -0.25) is 19.3 Å². The molecule has 5 nitrogen and oxygen atoms in total. The van der Waals surface area contributed by atoms with Crippen LogP contribution in [0.3, 0.4) is 0 Å². The minimum Gasteiger partial charge on any atom is -0.464 e. The fourth-order valence-electron chi connectivity index (χ4n) is 3.19. The molecule has 1 saturated heterocycles. The molecule has 0 radical (unpaired) electrons. The van der Waals surface area contributed by atoms with Crippen LogP contribution in [-0.2, 0) is 19.1 Å². The van der Waals surface area contributed by atoms with Crippen LogP contribution in [-0.4, -0.2) is 35.8 Å². The van der Waals surface area contributed by atoms with Crippen LogP contribution in [0.2, 0.25) is 0 Å². The number of hydrogen-bond acceptors (Lipinski definition) is 4. The number of unbranched alkanes of at least 4 members (excludes halogenated alkanes) is 1. The maximum absolute atomic E-state index is 12.2. The number of carbonyl (C=O) groups excluding carboxylic acids is 3. The number of fused-ring (bicyclic) bond motifs is 1. The van der Waals surface area contributed by atoms with E-state index in [1.165, 1.54) is 0 Å². The molecule has 2 fully saturated rings. The summed E-state index contributed by atoms with van der Waals surface area (Å²) in [5.74, 6) is -0.762. The lowest BCUT2D eigenvalue weighted by molar-refractivity contribution is -0.153. The Hall–Kier alpha value is -1.39. The first-order valence-corrected chi connectivity index (χ1v) is 7.59. The third-order valence-electron chi connectivity index (χ3n) is 4.45. The Kier molecular flexibility index (Phi) is 4.78. The van der Waals surface area contributed by atoms with Crippen LogP contribution in [0.4, 0.5) is 0 Å². The molecule has 112 valence electrons. The molecular formula is C15H23NO4. The Morgan fingerprint density at radius 2 is 1.80 bits per heavy atom. The third-order valence-corrected chi connectivity index (χ3v) is 4.45. The van der Waals surface area contributed by atoms with Gasteiger partial charge in [-0.1, -0.05) is 26.7 Å². The summed E-state index contributed by atoms with van der Waals surface area (Å²) in [7, 11) is 0. The number of carbonyl (C=O) groups is 3. The molecule has 5 heteroatoms. The number of imide groups is 1. The van der Waals surface area contributed by atoms with Crippen molar-refractivity contribution >= 4 is 17.8 Å². The number of rotatable bonds is 6. The van der Waals surface area contributed by atoms with E-state index in [-0.39, 0.29) is 30.2 Å². The highest BCUT2D eigenvalue weighted by atomic mass is 16.5. The number of nitrogens with zero attached hydrogens (tertiary/aromatic N) is 1. The summed E-state index contributed by atoms with van der Waals surface area (Å²) in [5.41, 5.74) is 0. The van der Waals surface area contributed by atoms with Gasteiger partial charge in [0.25, 0.3) is 0 Å². The Morgan fingerprint density at radius 3 is 2.30 bits per heavy atom. The number of hydrogen-bond donors (Lipinski definition) is 0. The minimum atomic E-state index is -0.479. The van der Waals surface area contributed by atoms with Crippen molar-refractivity contribution in [3.63, 3.8) is 0 Å². The van der Waals surface area contributed by atoms with Crippen LogP contribution in [0.1, 0.15) is 46.0 Å². The molecule has 1 saturated carbocycles. The normalized spacial score (nSPS) is 28.9. The molecule has 2 aliphatic rings. The van der Waals surface area contributed by atoms with Gasteiger partial charge in [0.2, 0.25) is 11.8 Å². The van der Waals surface area contributed by atoms with E-state index >= 15 is 0 Å². The summed E-state index contributed by atoms with van der Waals surface area (Å²) in [6.07, 6.45) is 4.32. The molecule has 0 bridgehead atoms. The van der Waals surface area contributed by atoms with Crippen molar-refractivity contribution in [2.45, 2.75) is 46.0 Å². The monoisotopic (exact) mass is 281 g/mol. The molecule has 0 aromatic carbocycles. The van der Waals surface area contributed by atoms with Gasteiger partial charge in [-0.15, -0.1) is 0 Å². The van der Waals surface area contributed by atoms with E-state index < -0.39 is 5.97 Å². The Balaban J connectivity index is 1.90. The highest BCUT2D eigenvalue weighted by Crippen LogP contribution is 2.44. The largest absolute Gasteiger partial charge is 0.464 e. The molecule has 1 aliphatic heterocycles. The number of ether oxygens (including phenoxy) is 1. The second-order valence-electron chi connectivity index (χ2n) is 5.80. The van der Waals surface area contributed by atoms with E-state index in [1.54, 1.807) is 0 Å². The summed E-state index contributed by atoms with van der Waals surface area (Å²) < 4.78 is 5.02. The van der Waals surface area contributed by atoms with Crippen LogP contribution in [0.15, 0.2) is 0 Å². The van der Waals surface area contributed by atoms with E-state index in [0.717, 1.165) is 37.0 Å². The number of likely N-dealkylation sites (tertiary alicyclic amines) is 1. The van der Waals surface area contributed by atoms with Crippen molar-refractivity contribution in [3.05, 3.63) is 0 Å². The molecule has 2 unspecified atom stereocenters. The quantitative estimate of drug-likeness (QED) is 0.423. The smallest absolute Gasteiger partial charge is 0.326 e. The molecule has 2 amide bonds. The van der Waals surface area contributed by atoms with Crippen molar-refractivity contribution in [1.29, 1.82) is 0 Å². The molecule has 2 rings (SSSR count). The minimum absolute atomic E-state index is 0.177. The van der Waals surface area contributed by atoms with E-state index in [1.807, 2.05) is 6.92 Å². The third kappa shape index (κ3) is 2.86. The first kappa shape index (κ1) is 15.0. The molecule has 20 heavy (non-hydrogen) atoms. The van der Waals surface area contributed by atoms with E-state index in [9.17, 15) is 14.4 Å². The van der Waals surface area contributed by atoms with Crippen LogP contribution in [0.5, 0.6) is 0 Å². The first-order valence-electron chi connectivity index (χ1n) is 7.59. The second kappa shape index (κ2) is 6.37. The van der Waals surface area contributed by atoms with Gasteiger partial charge < -0.3 is 4.74 Å². The Labute approximate surface area is 119 Å². The van der Waals surface area contributed by atoms with Crippen LogP contribution in [0, 0.1) is 17.8 Å². The zero-order valence-electron chi connectivity index (χ0n) is 12.3. The lowest BCUT2D eigenvalue weighted by Crippen LogP contribution is -2.37. The number of esters is 1. The van der Waals surface area contributed by atoms with Gasteiger partial charge in [0, 0.05) is 0 Å². The maximum Gasteiger partial charge on any atom is 0.326 e. The van der Waals surface area contributed by atoms with Crippen molar-refractivity contribution in [2.24, 2.45) is 17.8 Å². The zero-order valence-corrected chi connectivity index (χ0v) is 12.3. The predicted octanol–water partition coefficient (Wildman–Crippen LogP) is 1.75. The van der Waals surface area contributed by atoms with Crippen molar-refractivity contribution in [3.8, 4) is 0 Å². The van der Waals surface area contributed by atoms with Crippen molar-refractivity contribution < 1.29 is 19.1 Å². The van der Waals surface area contributed by atoms with Crippen LogP contribution in [0.25, 0.3) is 0 Å². The zero-order chi connectivity index (χ0) is 14.7. The maximum atomic E-state index is 12.2. The number of amides is 2. The molecule has 2 atom stereocenters. The molecule has 0 aromatic heterocycles. The highest BCUT2D eigenvalue weighted by molar-refractivity contribution is 6.07. The SMILES string of the molecule is CCCCOC(=O)CN1C(=O)C2CC(CC)CC2C1=O. The summed E-state index contributed by atoms with van der Waals surface area (Å²) in [5, 5.41) is 0. The molecule has 1 heterocycles. The van der Waals surface area contributed by atoms with E-state index in [2.05, 4.69) is 6.92 Å². The molecular weight excluding hydrogens is 258 g/mol. The van der Waals surface area contributed by atoms with Gasteiger partial charge in [0.05, 0.1) is 18.4 Å². The van der Waals surface area contributed by atoms with Crippen LogP contribution >= 0.6 is 0 Å². The average molecular weight is 281 g/mol. The van der Waals surface area contributed by atoms with Crippen LogP contribution < -0.4 is 0 Å². The van der Waals surface area contributed by atoms with E-state index in [0.29, 0.717) is 12.5 Å². The summed E-state index contributed by atoms with van der Waals surface area (Å²) in [4.78, 5) is 37.2. The average Bonchev–Trinajstić information content (AvgIpc) is 2.95. The van der Waals surface area contributed by atoms with Gasteiger partial charge in [0.15, 0.2) is 0 Å². The van der Waals surface area contributed by atoms with Gasteiger partial charge in [0.1, 0.15) is 6.54 Å². The standard InChI is InChI=1S/C15H23NO4/c1-3-5-6-20-13(17)9-16-14(18)11-7-10(4-2)8-12(11)15(16)19/h10-12H,3-9H2,1-2H3. The van der Waals surface area contributed by atoms with Gasteiger partial charge in [-0.25, -0.2) is 0 Å². The Bertz CT molecular complexity index is 383. The topological polar surface area (TPSA) is 63.7 Å². The van der Waals surface area contributed by atoms with Gasteiger partial charge in [-0.05, 0) is 25.2 Å². The Morgan fingerprint density at radius 1 is 1.20 bits per heavy atom.